The van der Waals surface area contributed by atoms with Gasteiger partial charge < -0.3 is 10.2 Å². The van der Waals surface area contributed by atoms with Crippen LogP contribution in [-0.2, 0) is 0 Å². The second-order valence-electron chi connectivity index (χ2n) is 6.36. The lowest BCUT2D eigenvalue weighted by Crippen LogP contribution is -2.43. The van der Waals surface area contributed by atoms with E-state index >= 15 is 0 Å². The molecule has 0 radical (unpaired) electrons. The smallest absolute Gasteiger partial charge is 0.0612 e. The number of hydrogen-bond donors (Lipinski definition) is 1. The van der Waals surface area contributed by atoms with Gasteiger partial charge in [-0.15, -0.1) is 0 Å². The Morgan fingerprint density at radius 1 is 1.00 bits per heavy atom. The number of nitrogens with zero attached hydrogens (tertiary/aromatic N) is 1. The molecule has 1 unspecified atom stereocenters. The van der Waals surface area contributed by atoms with Gasteiger partial charge in [0.25, 0.3) is 0 Å². The van der Waals surface area contributed by atoms with Crippen LogP contribution in [0.1, 0.15) is 38.5 Å². The highest BCUT2D eigenvalue weighted by molar-refractivity contribution is 6.42. The van der Waals surface area contributed by atoms with Crippen LogP contribution < -0.4 is 10.2 Å². The Balaban J connectivity index is 1.73. The average Bonchev–Trinajstić information content (AvgIpc) is 2.77. The average molecular weight is 327 g/mol. The highest BCUT2D eigenvalue weighted by Gasteiger charge is 2.27. The molecule has 4 heteroatoms. The summed E-state index contributed by atoms with van der Waals surface area (Å²) in [5.74, 6) is 0.835. The van der Waals surface area contributed by atoms with Gasteiger partial charge in [-0.05, 0) is 49.9 Å². The molecule has 0 spiro atoms. The fourth-order valence-electron chi connectivity index (χ4n) is 3.72. The zero-order valence-electron chi connectivity index (χ0n) is 12.5. The van der Waals surface area contributed by atoms with Gasteiger partial charge in [-0.3, -0.25) is 0 Å². The van der Waals surface area contributed by atoms with E-state index in [0.717, 1.165) is 25.6 Å². The molecule has 2 aliphatic rings. The van der Waals surface area contributed by atoms with Gasteiger partial charge >= 0.3 is 0 Å². The van der Waals surface area contributed by atoms with E-state index < -0.39 is 0 Å². The van der Waals surface area contributed by atoms with Crippen molar-refractivity contribution in [3.8, 4) is 0 Å². The summed E-state index contributed by atoms with van der Waals surface area (Å²) in [4.78, 5) is 2.47. The minimum atomic E-state index is 0.613. The monoisotopic (exact) mass is 326 g/mol. The van der Waals surface area contributed by atoms with Gasteiger partial charge in [0.1, 0.15) is 0 Å². The van der Waals surface area contributed by atoms with Gasteiger partial charge in [-0.25, -0.2) is 0 Å². The molecule has 1 aromatic carbocycles. The van der Waals surface area contributed by atoms with Crippen molar-refractivity contribution in [1.82, 2.24) is 5.32 Å². The normalized spacial score (nSPS) is 24.9. The van der Waals surface area contributed by atoms with Crippen LogP contribution in [0.3, 0.4) is 0 Å². The number of benzene rings is 1. The molecule has 1 aromatic rings. The van der Waals surface area contributed by atoms with Crippen molar-refractivity contribution in [1.29, 1.82) is 0 Å². The first-order chi connectivity index (χ1) is 10.2. The van der Waals surface area contributed by atoms with E-state index in [2.05, 4.69) is 16.3 Å². The molecule has 0 aromatic heterocycles. The Labute approximate surface area is 137 Å². The fourth-order valence-corrected chi connectivity index (χ4v) is 4.01. The molecular weight excluding hydrogens is 303 g/mol. The van der Waals surface area contributed by atoms with Gasteiger partial charge in [0.05, 0.1) is 10.0 Å². The van der Waals surface area contributed by atoms with Crippen LogP contribution in [0.2, 0.25) is 10.0 Å². The molecule has 0 amide bonds. The first-order valence-corrected chi connectivity index (χ1v) is 8.93. The SMILES string of the molecule is Clc1ccc(N2CCCNC(C3CCCCC3)C2)cc1Cl. The van der Waals surface area contributed by atoms with E-state index in [4.69, 9.17) is 23.2 Å². The van der Waals surface area contributed by atoms with Crippen molar-refractivity contribution in [3.05, 3.63) is 28.2 Å². The van der Waals surface area contributed by atoms with Gasteiger partial charge in [-0.1, -0.05) is 42.5 Å². The van der Waals surface area contributed by atoms with Crippen molar-refractivity contribution in [2.75, 3.05) is 24.5 Å². The highest BCUT2D eigenvalue weighted by atomic mass is 35.5. The Hall–Kier alpha value is -0.440. The molecule has 2 fully saturated rings. The number of nitrogens with one attached hydrogen (secondary N) is 1. The Kier molecular flexibility index (Phi) is 5.31. The number of anilines is 1. The summed E-state index contributed by atoms with van der Waals surface area (Å²) in [5, 5.41) is 5.07. The molecule has 1 aliphatic carbocycles. The summed E-state index contributed by atoms with van der Waals surface area (Å²) in [5.41, 5.74) is 1.20. The van der Waals surface area contributed by atoms with Gasteiger partial charge in [0, 0.05) is 24.8 Å². The van der Waals surface area contributed by atoms with Crippen molar-refractivity contribution in [3.63, 3.8) is 0 Å². The number of halogens is 2. The van der Waals surface area contributed by atoms with Crippen molar-refractivity contribution in [2.45, 2.75) is 44.6 Å². The predicted octanol–water partition coefficient (Wildman–Crippen LogP) is 4.74. The van der Waals surface area contributed by atoms with E-state index in [0.29, 0.717) is 16.1 Å². The molecule has 1 aliphatic heterocycles. The topological polar surface area (TPSA) is 15.3 Å². The molecule has 1 saturated heterocycles. The van der Waals surface area contributed by atoms with Crippen molar-refractivity contribution < 1.29 is 0 Å². The van der Waals surface area contributed by atoms with E-state index in [1.54, 1.807) is 0 Å². The lowest BCUT2D eigenvalue weighted by Gasteiger charge is -2.33. The third-order valence-electron chi connectivity index (χ3n) is 4.92. The maximum absolute atomic E-state index is 6.18. The van der Waals surface area contributed by atoms with Gasteiger partial charge in [0.15, 0.2) is 0 Å². The predicted molar refractivity (Wildman–Crippen MR) is 91.7 cm³/mol. The van der Waals surface area contributed by atoms with E-state index in [1.165, 1.54) is 44.2 Å². The largest absolute Gasteiger partial charge is 0.370 e. The lowest BCUT2D eigenvalue weighted by atomic mass is 9.83. The van der Waals surface area contributed by atoms with Crippen LogP contribution in [0.4, 0.5) is 5.69 Å². The molecule has 21 heavy (non-hydrogen) atoms. The summed E-state index contributed by atoms with van der Waals surface area (Å²) < 4.78 is 0. The first-order valence-electron chi connectivity index (χ1n) is 8.17. The Bertz CT molecular complexity index is 472. The fraction of sp³-hybridized carbons (Fsp3) is 0.647. The third kappa shape index (κ3) is 3.85. The lowest BCUT2D eigenvalue weighted by molar-refractivity contribution is 0.277. The number of hydrogen-bond acceptors (Lipinski definition) is 2. The minimum absolute atomic E-state index is 0.613. The van der Waals surface area contributed by atoms with Crippen molar-refractivity contribution >= 4 is 28.9 Å². The quantitative estimate of drug-likeness (QED) is 0.844. The maximum Gasteiger partial charge on any atom is 0.0612 e. The summed E-state index contributed by atoms with van der Waals surface area (Å²) in [6, 6.07) is 6.62. The van der Waals surface area contributed by atoms with E-state index in [-0.39, 0.29) is 0 Å². The van der Waals surface area contributed by atoms with Crippen LogP contribution in [0.5, 0.6) is 0 Å². The zero-order valence-corrected chi connectivity index (χ0v) is 14.0. The second-order valence-corrected chi connectivity index (χ2v) is 7.17. The van der Waals surface area contributed by atoms with Crippen LogP contribution in [0, 0.1) is 5.92 Å². The van der Waals surface area contributed by atoms with Crippen LogP contribution >= 0.6 is 23.2 Å². The maximum atomic E-state index is 6.18. The second kappa shape index (κ2) is 7.21. The molecule has 2 nitrogen and oxygen atoms in total. The molecule has 1 atom stereocenters. The Morgan fingerprint density at radius 3 is 2.57 bits per heavy atom. The molecule has 1 heterocycles. The van der Waals surface area contributed by atoms with Crippen LogP contribution in [0.15, 0.2) is 18.2 Å². The molecule has 1 saturated carbocycles. The minimum Gasteiger partial charge on any atom is -0.370 e. The summed E-state index contributed by atoms with van der Waals surface area (Å²) >= 11 is 12.2. The zero-order chi connectivity index (χ0) is 14.7. The molecular formula is C17H24Cl2N2. The van der Waals surface area contributed by atoms with E-state index in [1.807, 2.05) is 12.1 Å². The third-order valence-corrected chi connectivity index (χ3v) is 5.65. The first kappa shape index (κ1) is 15.5. The summed E-state index contributed by atoms with van der Waals surface area (Å²) in [6.45, 7) is 3.30. The summed E-state index contributed by atoms with van der Waals surface area (Å²) in [7, 11) is 0. The van der Waals surface area contributed by atoms with Crippen molar-refractivity contribution in [2.24, 2.45) is 5.92 Å². The highest BCUT2D eigenvalue weighted by Crippen LogP contribution is 2.31. The van der Waals surface area contributed by atoms with Gasteiger partial charge in [0.2, 0.25) is 0 Å². The Morgan fingerprint density at radius 2 is 1.81 bits per heavy atom. The molecule has 116 valence electrons. The molecule has 3 rings (SSSR count). The van der Waals surface area contributed by atoms with Crippen LogP contribution in [0.25, 0.3) is 0 Å². The van der Waals surface area contributed by atoms with Gasteiger partial charge in [-0.2, -0.15) is 0 Å². The van der Waals surface area contributed by atoms with Crippen LogP contribution in [-0.4, -0.2) is 25.7 Å². The molecule has 0 bridgehead atoms. The van der Waals surface area contributed by atoms with E-state index in [9.17, 15) is 0 Å². The molecule has 1 N–H and O–H groups in total. The standard InChI is InChI=1S/C17H24Cl2N2/c18-15-8-7-14(11-16(15)19)21-10-4-9-20-17(12-21)13-5-2-1-3-6-13/h7-8,11,13,17,20H,1-6,9-10,12H2. The number of rotatable bonds is 2. The summed E-state index contributed by atoms with van der Waals surface area (Å²) in [6.07, 6.45) is 8.16.